The number of carbonyl (C=O) groups is 1. The van der Waals surface area contributed by atoms with Crippen LogP contribution in [0.5, 0.6) is 5.75 Å². The number of hydrogen-bond donors (Lipinski definition) is 0. The zero-order valence-electron chi connectivity index (χ0n) is 14.7. The van der Waals surface area contributed by atoms with Crippen molar-refractivity contribution < 1.29 is 17.9 Å². The van der Waals surface area contributed by atoms with Crippen molar-refractivity contribution in [3.05, 3.63) is 29.3 Å². The molecule has 25 heavy (non-hydrogen) atoms. The lowest BCUT2D eigenvalue weighted by atomic mass is 10.0. The van der Waals surface area contributed by atoms with E-state index in [1.165, 1.54) is 10.6 Å². The van der Waals surface area contributed by atoms with Crippen LogP contribution in [-0.4, -0.2) is 62.1 Å². The van der Waals surface area contributed by atoms with Gasteiger partial charge in [-0.3, -0.25) is 4.79 Å². The summed E-state index contributed by atoms with van der Waals surface area (Å²) >= 11 is 6.01. The Bertz CT molecular complexity index is 688. The largest absolute Gasteiger partial charge is 0.491 e. The molecule has 1 saturated heterocycles. The van der Waals surface area contributed by atoms with E-state index in [0.29, 0.717) is 43.2 Å². The van der Waals surface area contributed by atoms with Crippen molar-refractivity contribution in [2.45, 2.75) is 32.2 Å². The molecule has 0 aliphatic carbocycles. The minimum Gasteiger partial charge on any atom is -0.491 e. The summed E-state index contributed by atoms with van der Waals surface area (Å²) in [4.78, 5) is 14.1. The molecule has 0 bridgehead atoms. The van der Waals surface area contributed by atoms with E-state index in [-0.39, 0.29) is 25.0 Å². The van der Waals surface area contributed by atoms with Crippen LogP contribution in [0.25, 0.3) is 0 Å². The van der Waals surface area contributed by atoms with Crippen LogP contribution in [0.15, 0.2) is 24.3 Å². The van der Waals surface area contributed by atoms with Gasteiger partial charge in [0, 0.05) is 25.7 Å². The third kappa shape index (κ3) is 5.59. The molecule has 2 rings (SSSR count). The Morgan fingerprint density at radius 1 is 1.32 bits per heavy atom. The molecule has 0 spiro atoms. The Labute approximate surface area is 154 Å². The zero-order chi connectivity index (χ0) is 18.4. The molecule has 1 aromatic carbocycles. The predicted molar refractivity (Wildman–Crippen MR) is 98.4 cm³/mol. The molecule has 0 atom stereocenters. The van der Waals surface area contributed by atoms with E-state index in [4.69, 9.17) is 16.3 Å². The van der Waals surface area contributed by atoms with Gasteiger partial charge in [0.15, 0.2) is 0 Å². The van der Waals surface area contributed by atoms with Crippen LogP contribution in [0.1, 0.15) is 26.2 Å². The molecule has 1 aliphatic rings. The van der Waals surface area contributed by atoms with Gasteiger partial charge in [-0.25, -0.2) is 8.42 Å². The van der Waals surface area contributed by atoms with Crippen LogP contribution in [0.2, 0.25) is 5.02 Å². The van der Waals surface area contributed by atoms with E-state index in [1.807, 2.05) is 19.1 Å². The Morgan fingerprint density at radius 2 is 1.96 bits per heavy atom. The predicted octanol–water partition coefficient (Wildman–Crippen LogP) is 2.38. The van der Waals surface area contributed by atoms with Gasteiger partial charge in [-0.05, 0) is 25.0 Å². The van der Waals surface area contributed by atoms with Gasteiger partial charge in [-0.1, -0.05) is 30.7 Å². The zero-order valence-corrected chi connectivity index (χ0v) is 16.2. The number of rotatable bonds is 7. The Kier molecular flexibility index (Phi) is 7.10. The van der Waals surface area contributed by atoms with E-state index in [1.54, 1.807) is 17.0 Å². The van der Waals surface area contributed by atoms with Crippen LogP contribution in [-0.2, 0) is 14.8 Å². The summed E-state index contributed by atoms with van der Waals surface area (Å²) in [6.07, 6.45) is 2.84. The van der Waals surface area contributed by atoms with E-state index in [9.17, 15) is 13.2 Å². The molecular weight excluding hydrogens is 364 g/mol. The maximum Gasteiger partial charge on any atom is 0.225 e. The Morgan fingerprint density at radius 3 is 2.52 bits per heavy atom. The number of benzene rings is 1. The Balaban J connectivity index is 1.78. The maximum atomic E-state index is 12.3. The normalized spacial score (nSPS) is 16.2. The summed E-state index contributed by atoms with van der Waals surface area (Å²) in [6, 6.07) is 7.13. The van der Waals surface area contributed by atoms with Crippen LogP contribution in [0.3, 0.4) is 0 Å². The summed E-state index contributed by atoms with van der Waals surface area (Å²) in [7, 11) is -3.20. The molecule has 1 fully saturated rings. The monoisotopic (exact) mass is 388 g/mol. The summed E-state index contributed by atoms with van der Waals surface area (Å²) in [5, 5.41) is 0.524. The van der Waals surface area contributed by atoms with Crippen molar-refractivity contribution in [2.75, 3.05) is 32.5 Å². The Hall–Kier alpha value is -1.31. The third-order valence-electron chi connectivity index (χ3n) is 4.37. The molecular formula is C17H25ClN2O4S. The van der Waals surface area contributed by atoms with Crippen molar-refractivity contribution in [1.82, 2.24) is 9.21 Å². The molecule has 0 aromatic heterocycles. The van der Waals surface area contributed by atoms with Crippen molar-refractivity contribution in [3.63, 3.8) is 0 Å². The highest BCUT2D eigenvalue weighted by Crippen LogP contribution is 2.23. The molecule has 1 aromatic rings. The highest BCUT2D eigenvalue weighted by molar-refractivity contribution is 7.88. The molecule has 0 saturated carbocycles. The minimum absolute atomic E-state index is 0.0212. The van der Waals surface area contributed by atoms with Gasteiger partial charge in [0.25, 0.3) is 0 Å². The molecule has 1 amide bonds. The van der Waals surface area contributed by atoms with Gasteiger partial charge in [0.2, 0.25) is 15.9 Å². The number of piperidine rings is 1. The topological polar surface area (TPSA) is 66.9 Å². The number of ether oxygens (including phenoxy) is 1. The summed E-state index contributed by atoms with van der Waals surface area (Å²) < 4.78 is 30.7. The number of carbonyl (C=O) groups excluding carboxylic acids is 1. The number of sulfonamides is 1. The van der Waals surface area contributed by atoms with Crippen LogP contribution in [0.4, 0.5) is 0 Å². The first-order valence-corrected chi connectivity index (χ1v) is 10.7. The fraction of sp³-hybridized carbons (Fsp3) is 0.588. The second-order valence-corrected chi connectivity index (χ2v) is 8.45. The second kappa shape index (κ2) is 8.87. The molecule has 8 heteroatoms. The summed E-state index contributed by atoms with van der Waals surface area (Å²) in [5.41, 5.74) is 0. The lowest BCUT2D eigenvalue weighted by Crippen LogP contribution is -2.48. The molecule has 1 aliphatic heterocycles. The molecule has 6 nitrogen and oxygen atoms in total. The molecule has 140 valence electrons. The smallest absolute Gasteiger partial charge is 0.225 e. The van der Waals surface area contributed by atoms with Crippen molar-refractivity contribution >= 4 is 27.5 Å². The number of amides is 1. The number of nitrogens with zero attached hydrogens (tertiary/aromatic N) is 2. The first-order valence-electron chi connectivity index (χ1n) is 8.45. The SMILES string of the molecule is CCN(C1CCN(C(=O)CCOc2ccccc2Cl)CC1)S(C)(=O)=O. The van der Waals surface area contributed by atoms with Gasteiger partial charge in [0.1, 0.15) is 5.75 Å². The van der Waals surface area contributed by atoms with E-state index >= 15 is 0 Å². The van der Waals surface area contributed by atoms with Gasteiger partial charge in [-0.15, -0.1) is 0 Å². The average Bonchev–Trinajstić information content (AvgIpc) is 2.56. The highest BCUT2D eigenvalue weighted by Gasteiger charge is 2.30. The van der Waals surface area contributed by atoms with Crippen LogP contribution >= 0.6 is 11.6 Å². The van der Waals surface area contributed by atoms with E-state index < -0.39 is 10.0 Å². The summed E-state index contributed by atoms with van der Waals surface area (Å²) in [6.45, 7) is 3.71. The lowest BCUT2D eigenvalue weighted by molar-refractivity contribution is -0.133. The number of para-hydroxylation sites is 1. The lowest BCUT2D eigenvalue weighted by Gasteiger charge is -2.36. The van der Waals surface area contributed by atoms with E-state index in [0.717, 1.165) is 0 Å². The molecule has 1 heterocycles. The number of halogens is 1. The van der Waals surface area contributed by atoms with Crippen molar-refractivity contribution in [3.8, 4) is 5.75 Å². The second-order valence-electron chi connectivity index (χ2n) is 6.11. The van der Waals surface area contributed by atoms with Crippen LogP contribution in [0, 0.1) is 0 Å². The number of hydrogen-bond acceptors (Lipinski definition) is 4. The van der Waals surface area contributed by atoms with Crippen molar-refractivity contribution in [2.24, 2.45) is 0 Å². The quantitative estimate of drug-likeness (QED) is 0.719. The standard InChI is InChI=1S/C17H25ClN2O4S/c1-3-20(25(2,22)23)14-8-11-19(12-9-14)17(21)10-13-24-16-7-5-4-6-15(16)18/h4-7,14H,3,8-13H2,1-2H3. The fourth-order valence-electron chi connectivity index (χ4n) is 3.13. The highest BCUT2D eigenvalue weighted by atomic mass is 35.5. The van der Waals surface area contributed by atoms with Crippen LogP contribution < -0.4 is 4.74 Å². The minimum atomic E-state index is -3.20. The third-order valence-corrected chi connectivity index (χ3v) is 6.09. The van der Waals surface area contributed by atoms with Gasteiger partial charge in [0.05, 0.1) is 24.3 Å². The fourth-order valence-corrected chi connectivity index (χ4v) is 4.55. The number of likely N-dealkylation sites (tertiary alicyclic amines) is 1. The molecule has 0 radical (unpaired) electrons. The van der Waals surface area contributed by atoms with Crippen molar-refractivity contribution in [1.29, 1.82) is 0 Å². The van der Waals surface area contributed by atoms with Gasteiger partial charge in [-0.2, -0.15) is 4.31 Å². The average molecular weight is 389 g/mol. The molecule has 0 N–H and O–H groups in total. The first-order chi connectivity index (χ1) is 11.8. The van der Waals surface area contributed by atoms with E-state index in [2.05, 4.69) is 0 Å². The first kappa shape index (κ1) is 20.0. The summed E-state index contributed by atoms with van der Waals surface area (Å²) in [5.74, 6) is 0.593. The van der Waals surface area contributed by atoms with Gasteiger partial charge >= 0.3 is 0 Å². The molecule has 0 unspecified atom stereocenters. The van der Waals surface area contributed by atoms with Gasteiger partial charge < -0.3 is 9.64 Å². The maximum absolute atomic E-state index is 12.3.